The van der Waals surface area contributed by atoms with Gasteiger partial charge in [0.05, 0.1) is 0 Å². The molecule has 3 unspecified atom stereocenters. The number of ether oxygens (including phenoxy) is 1. The Morgan fingerprint density at radius 1 is 1.35 bits per heavy atom. The molecule has 0 bridgehead atoms. The molecule has 0 amide bonds. The molecule has 0 fully saturated rings. The average Bonchev–Trinajstić information content (AvgIpc) is 2.58. The molecule has 1 rings (SSSR count). The summed E-state index contributed by atoms with van der Waals surface area (Å²) in [5.41, 5.74) is 7.74. The fraction of sp³-hybridized carbons (Fsp3) is 0.667. The number of hydrogen-bond acceptors (Lipinski definition) is 4. The van der Waals surface area contributed by atoms with Gasteiger partial charge in [0.15, 0.2) is 0 Å². The zero-order valence-electron chi connectivity index (χ0n) is 17.2. The van der Waals surface area contributed by atoms with Crippen LogP contribution in [0.3, 0.4) is 0 Å². The Labute approximate surface area is 163 Å². The van der Waals surface area contributed by atoms with E-state index in [-0.39, 0.29) is 11.9 Å². The van der Waals surface area contributed by atoms with Crippen LogP contribution >= 0.6 is 0 Å². The van der Waals surface area contributed by atoms with Gasteiger partial charge in [-0.15, -0.1) is 0 Å². The van der Waals surface area contributed by atoms with Crippen LogP contribution in [0.2, 0.25) is 10.4 Å². The molecule has 0 spiro atoms. The number of aliphatic hydroxyl groups is 1. The molecular formula is C21H36AsNO3. The molecule has 4 nitrogen and oxygen atoms in total. The summed E-state index contributed by atoms with van der Waals surface area (Å²) < 4.78 is 6.06. The van der Waals surface area contributed by atoms with E-state index in [2.05, 4.69) is 32.9 Å². The van der Waals surface area contributed by atoms with Gasteiger partial charge in [0.2, 0.25) is 0 Å². The molecule has 0 aromatic heterocycles. The second kappa shape index (κ2) is 10.4. The molecule has 1 aromatic rings. The Bertz CT molecular complexity index is 587. The number of benzene rings is 1. The minimum atomic E-state index is -1.47. The Kier molecular flexibility index (Phi) is 9.19. The van der Waals surface area contributed by atoms with Crippen LogP contribution in [0.15, 0.2) is 18.2 Å². The van der Waals surface area contributed by atoms with Gasteiger partial charge in [0.1, 0.15) is 0 Å². The predicted octanol–water partition coefficient (Wildman–Crippen LogP) is 3.84. The van der Waals surface area contributed by atoms with Crippen LogP contribution in [0.5, 0.6) is 0 Å². The number of carbonyl (C=O) groups is 1. The minimum absolute atomic E-state index is 0.128. The number of carbonyl (C=O) groups excluding carboxylic acids is 1. The first-order valence-electron chi connectivity index (χ1n) is 9.57. The van der Waals surface area contributed by atoms with Crippen LogP contribution in [0, 0.1) is 5.92 Å². The maximum absolute atomic E-state index is 11.7. The van der Waals surface area contributed by atoms with Gasteiger partial charge in [-0.25, -0.2) is 0 Å². The summed E-state index contributed by atoms with van der Waals surface area (Å²) >= 11 is -1.47. The molecule has 3 N–H and O–H groups in total. The van der Waals surface area contributed by atoms with Gasteiger partial charge in [-0.3, -0.25) is 0 Å². The topological polar surface area (TPSA) is 72.5 Å². The first-order valence-corrected chi connectivity index (χ1v) is 13.2. The molecule has 5 heteroatoms. The molecule has 0 heterocycles. The number of methoxy groups -OCH3 is 1. The number of hydrogen-bond donors (Lipinski definition) is 2. The molecule has 0 saturated heterocycles. The standard InChI is InChI=1S/C21H36AsNO3/c1-7-16(12-20(24)26-6)17-9-10-18(19(23)11-17)22(13-15(3)4)14-21(5,25)8-2/h9-11,15-16,25H,7-8,12-14,23H2,1-6H3. The van der Waals surface area contributed by atoms with E-state index >= 15 is 0 Å². The Balaban J connectivity index is 3.12. The number of anilines is 1. The molecule has 0 saturated carbocycles. The van der Waals surface area contributed by atoms with Crippen LogP contribution < -0.4 is 10.1 Å². The fourth-order valence-electron chi connectivity index (χ4n) is 3.11. The molecular weight excluding hydrogens is 389 g/mol. The van der Waals surface area contributed by atoms with E-state index in [1.165, 1.54) is 11.5 Å². The van der Waals surface area contributed by atoms with Gasteiger partial charge < -0.3 is 0 Å². The molecule has 0 aliphatic heterocycles. The Morgan fingerprint density at radius 3 is 2.46 bits per heavy atom. The summed E-state index contributed by atoms with van der Waals surface area (Å²) in [6.45, 7) is 10.5. The third kappa shape index (κ3) is 6.96. The van der Waals surface area contributed by atoms with Gasteiger partial charge in [-0.1, -0.05) is 0 Å². The van der Waals surface area contributed by atoms with Gasteiger partial charge in [-0.2, -0.15) is 0 Å². The molecule has 148 valence electrons. The van der Waals surface area contributed by atoms with Crippen molar-refractivity contribution in [2.24, 2.45) is 5.92 Å². The van der Waals surface area contributed by atoms with Gasteiger partial charge in [0, 0.05) is 0 Å². The van der Waals surface area contributed by atoms with Crippen molar-refractivity contribution >= 4 is 30.7 Å². The van der Waals surface area contributed by atoms with Crippen LogP contribution in [0.1, 0.15) is 65.4 Å². The van der Waals surface area contributed by atoms with Gasteiger partial charge in [0.25, 0.3) is 0 Å². The Morgan fingerprint density at radius 2 is 2.00 bits per heavy atom. The van der Waals surface area contributed by atoms with Gasteiger partial charge >= 0.3 is 164 Å². The summed E-state index contributed by atoms with van der Waals surface area (Å²) in [4.78, 5) is 11.7. The SMILES string of the molecule is CCC(CC(=O)OC)c1ccc([As](CC(C)C)CC(C)(O)CC)c(N)c1. The van der Waals surface area contributed by atoms with Crippen molar-refractivity contribution in [1.82, 2.24) is 0 Å². The monoisotopic (exact) mass is 425 g/mol. The maximum atomic E-state index is 11.7. The third-order valence-electron chi connectivity index (χ3n) is 4.88. The molecule has 3 atom stereocenters. The zero-order valence-corrected chi connectivity index (χ0v) is 19.1. The van der Waals surface area contributed by atoms with E-state index in [9.17, 15) is 9.90 Å². The number of esters is 1. The van der Waals surface area contributed by atoms with Crippen molar-refractivity contribution < 1.29 is 14.6 Å². The number of nitrogens with two attached hydrogens (primary N) is 1. The molecule has 26 heavy (non-hydrogen) atoms. The van der Waals surface area contributed by atoms with Crippen molar-refractivity contribution in [3.8, 4) is 0 Å². The van der Waals surface area contributed by atoms with Crippen molar-refractivity contribution in [2.75, 3.05) is 12.8 Å². The molecule has 0 aliphatic rings. The Hall–Kier alpha value is -0.992. The van der Waals surface area contributed by atoms with Crippen molar-refractivity contribution in [3.63, 3.8) is 0 Å². The van der Waals surface area contributed by atoms with Crippen LogP contribution in [0.4, 0.5) is 5.69 Å². The summed E-state index contributed by atoms with van der Waals surface area (Å²) in [6, 6.07) is 6.30. The first kappa shape index (κ1) is 23.0. The fourth-order valence-corrected chi connectivity index (χ4v) is 9.69. The van der Waals surface area contributed by atoms with E-state index in [0.29, 0.717) is 12.3 Å². The van der Waals surface area contributed by atoms with E-state index < -0.39 is 20.3 Å². The third-order valence-corrected chi connectivity index (χ3v) is 11.8. The van der Waals surface area contributed by atoms with Crippen LogP contribution in [-0.2, 0) is 9.53 Å². The summed E-state index contributed by atoms with van der Waals surface area (Å²) in [5.74, 6) is 0.527. The number of nitrogen functional groups attached to an aromatic ring is 1. The van der Waals surface area contributed by atoms with Crippen LogP contribution in [0.25, 0.3) is 0 Å². The summed E-state index contributed by atoms with van der Waals surface area (Å²) in [7, 11) is 1.43. The second-order valence-electron chi connectivity index (χ2n) is 7.83. The summed E-state index contributed by atoms with van der Waals surface area (Å²) in [6.07, 6.45) is 2.00. The van der Waals surface area contributed by atoms with E-state index in [4.69, 9.17) is 10.5 Å². The second-order valence-corrected chi connectivity index (χ2v) is 12.5. The van der Waals surface area contributed by atoms with Gasteiger partial charge in [-0.05, 0) is 0 Å². The van der Waals surface area contributed by atoms with Crippen molar-refractivity contribution in [1.29, 1.82) is 0 Å². The van der Waals surface area contributed by atoms with E-state index in [1.807, 2.05) is 19.9 Å². The normalized spacial score (nSPS) is 16.2. The zero-order chi connectivity index (χ0) is 19.9. The molecule has 0 radical (unpaired) electrons. The van der Waals surface area contributed by atoms with Crippen molar-refractivity contribution in [2.45, 2.75) is 75.8 Å². The van der Waals surface area contributed by atoms with E-state index in [0.717, 1.165) is 34.5 Å². The predicted molar refractivity (Wildman–Crippen MR) is 111 cm³/mol. The van der Waals surface area contributed by atoms with Crippen LogP contribution in [-0.4, -0.2) is 38.4 Å². The number of rotatable bonds is 10. The summed E-state index contributed by atoms with van der Waals surface area (Å²) in [5, 5.41) is 12.6. The molecule has 0 aliphatic carbocycles. The first-order chi connectivity index (χ1) is 12.1. The quantitative estimate of drug-likeness (QED) is 0.339. The average molecular weight is 425 g/mol. The van der Waals surface area contributed by atoms with Crippen molar-refractivity contribution in [3.05, 3.63) is 23.8 Å². The molecule has 1 aromatic carbocycles. The van der Waals surface area contributed by atoms with E-state index in [1.54, 1.807) is 0 Å².